The lowest BCUT2D eigenvalue weighted by Crippen LogP contribution is -2.75. The highest BCUT2D eigenvalue weighted by molar-refractivity contribution is 5.59. The number of phenols is 1. The molecule has 1 spiro atoms. The fraction of sp³-hybridized carbons (Fsp3) is 0.793. The van der Waals surface area contributed by atoms with Crippen molar-refractivity contribution >= 4 is 0 Å². The molecule has 0 radical (unpaired) electrons. The number of phenolic OH excluding ortho intramolecular Hbond substituents is 1. The number of hydrogen-bond acceptors (Lipinski definition) is 5. The number of ether oxygens (including phenoxy) is 2. The van der Waals surface area contributed by atoms with Gasteiger partial charge < -0.3 is 19.7 Å². The number of methoxy groups -OCH3 is 1. The van der Waals surface area contributed by atoms with Gasteiger partial charge >= 0.3 is 0 Å². The molecule has 4 saturated carbocycles. The van der Waals surface area contributed by atoms with E-state index >= 15 is 0 Å². The van der Waals surface area contributed by atoms with Gasteiger partial charge in [0.1, 0.15) is 11.7 Å². The van der Waals surface area contributed by atoms with E-state index in [-0.39, 0.29) is 34.5 Å². The van der Waals surface area contributed by atoms with Crippen LogP contribution in [0.5, 0.6) is 11.5 Å². The maximum Gasteiger partial charge on any atom is 0.165 e. The minimum atomic E-state index is -0.917. The topological polar surface area (TPSA) is 62.2 Å². The van der Waals surface area contributed by atoms with E-state index in [4.69, 9.17) is 9.47 Å². The molecule has 0 amide bonds. The van der Waals surface area contributed by atoms with Crippen LogP contribution in [0.15, 0.2) is 12.1 Å². The third-order valence-corrected chi connectivity index (χ3v) is 11.1. The van der Waals surface area contributed by atoms with Crippen LogP contribution >= 0.6 is 0 Å². The highest BCUT2D eigenvalue weighted by Crippen LogP contribution is 2.73. The van der Waals surface area contributed by atoms with Gasteiger partial charge in [0, 0.05) is 37.1 Å². The summed E-state index contributed by atoms with van der Waals surface area (Å²) in [6, 6.07) is 4.38. The minimum absolute atomic E-state index is 0.0157. The molecule has 7 atom stereocenters. The first-order chi connectivity index (χ1) is 16.0. The average Bonchev–Trinajstić information content (AvgIpc) is 3.52. The predicted molar refractivity (Wildman–Crippen MR) is 132 cm³/mol. The standard InChI is InChI=1S/C29H43NO4/c1-7-30(16-17-8-9-17)21-14-18-10-11-19(31)24-22(18)23-25(34-24)29(33-6)13-12-28(21,23)15-20(29)27(5,32)26(2,3)4/h10-11,17,20-21,23,25,31-32H,7-9,12-16H2,1-6H3/t20-,21-,23?,25-,27+,28-,29+/m1/s1. The van der Waals surface area contributed by atoms with Gasteiger partial charge in [-0.05, 0) is 80.4 Å². The zero-order valence-electron chi connectivity index (χ0n) is 21.9. The summed E-state index contributed by atoms with van der Waals surface area (Å²) in [5, 5.41) is 23.0. The van der Waals surface area contributed by atoms with Crippen LogP contribution in [0.4, 0.5) is 0 Å². The van der Waals surface area contributed by atoms with Crippen molar-refractivity contribution in [3.8, 4) is 11.5 Å². The van der Waals surface area contributed by atoms with Crippen LogP contribution in [0.1, 0.15) is 83.8 Å². The van der Waals surface area contributed by atoms with Crippen LogP contribution in [0, 0.1) is 22.7 Å². The summed E-state index contributed by atoms with van der Waals surface area (Å²) in [5.41, 5.74) is 0.805. The first-order valence-corrected chi connectivity index (χ1v) is 13.5. The summed E-state index contributed by atoms with van der Waals surface area (Å²) in [5.74, 6) is 1.93. The summed E-state index contributed by atoms with van der Waals surface area (Å²) in [4.78, 5) is 2.76. The Morgan fingerprint density at radius 2 is 1.91 bits per heavy atom. The van der Waals surface area contributed by atoms with Gasteiger partial charge in [0.25, 0.3) is 0 Å². The number of aromatic hydroxyl groups is 1. The molecule has 0 aromatic heterocycles. The molecular weight excluding hydrogens is 426 g/mol. The van der Waals surface area contributed by atoms with E-state index in [0.29, 0.717) is 11.8 Å². The molecule has 4 fully saturated rings. The summed E-state index contributed by atoms with van der Waals surface area (Å²) < 4.78 is 13.2. The van der Waals surface area contributed by atoms with Crippen molar-refractivity contribution in [1.29, 1.82) is 0 Å². The third-order valence-electron chi connectivity index (χ3n) is 11.1. The van der Waals surface area contributed by atoms with Gasteiger partial charge in [-0.3, -0.25) is 4.90 Å². The van der Waals surface area contributed by atoms with Crippen molar-refractivity contribution in [2.75, 3.05) is 20.2 Å². The van der Waals surface area contributed by atoms with E-state index in [0.717, 1.165) is 38.1 Å². The lowest BCUT2D eigenvalue weighted by Gasteiger charge is -2.69. The van der Waals surface area contributed by atoms with E-state index in [9.17, 15) is 10.2 Å². The summed E-state index contributed by atoms with van der Waals surface area (Å²) >= 11 is 0. The molecule has 5 heteroatoms. The van der Waals surface area contributed by atoms with Gasteiger partial charge in [-0.15, -0.1) is 0 Å². The minimum Gasteiger partial charge on any atom is -0.504 e. The van der Waals surface area contributed by atoms with Crippen molar-refractivity contribution in [1.82, 2.24) is 4.90 Å². The van der Waals surface area contributed by atoms with Gasteiger partial charge in [0.15, 0.2) is 11.5 Å². The molecule has 1 aromatic carbocycles. The molecule has 5 nitrogen and oxygen atoms in total. The number of likely N-dealkylation sites (N-methyl/N-ethyl adjacent to an activating group) is 1. The normalized spacial score (nSPS) is 39.6. The monoisotopic (exact) mass is 469 g/mol. The van der Waals surface area contributed by atoms with E-state index in [1.807, 2.05) is 20.1 Å². The summed E-state index contributed by atoms with van der Waals surface area (Å²) in [6.45, 7) is 13.0. The van der Waals surface area contributed by atoms with E-state index in [2.05, 4.69) is 38.7 Å². The number of aliphatic hydroxyl groups is 1. The molecule has 5 aliphatic carbocycles. The number of rotatable bonds is 6. The molecule has 1 unspecified atom stereocenters. The smallest absolute Gasteiger partial charge is 0.165 e. The fourth-order valence-electron chi connectivity index (χ4n) is 8.55. The second-order valence-electron chi connectivity index (χ2n) is 13.3. The highest BCUT2D eigenvalue weighted by Gasteiger charge is 2.75. The van der Waals surface area contributed by atoms with Crippen LogP contribution in [0.25, 0.3) is 0 Å². The molecular formula is C29H43NO4. The van der Waals surface area contributed by atoms with Gasteiger partial charge in [-0.2, -0.15) is 0 Å². The Hall–Kier alpha value is -1.30. The molecule has 2 bridgehead atoms. The van der Waals surface area contributed by atoms with Crippen molar-refractivity contribution in [2.45, 2.75) is 102 Å². The number of nitrogens with zero attached hydrogens (tertiary/aromatic N) is 1. The van der Waals surface area contributed by atoms with Crippen LogP contribution in [-0.2, 0) is 11.2 Å². The second kappa shape index (κ2) is 7.14. The largest absolute Gasteiger partial charge is 0.504 e. The van der Waals surface area contributed by atoms with E-state index < -0.39 is 11.2 Å². The van der Waals surface area contributed by atoms with Crippen LogP contribution in [-0.4, -0.2) is 58.7 Å². The van der Waals surface area contributed by atoms with Crippen LogP contribution in [0.2, 0.25) is 0 Å². The Bertz CT molecular complexity index is 995. The lowest BCUT2D eigenvalue weighted by atomic mass is 9.40. The van der Waals surface area contributed by atoms with E-state index in [1.165, 1.54) is 30.5 Å². The Kier molecular flexibility index (Phi) is 4.85. The molecule has 2 N–H and O–H groups in total. The molecule has 0 saturated heterocycles. The lowest BCUT2D eigenvalue weighted by molar-refractivity contribution is -0.281. The van der Waals surface area contributed by atoms with Crippen LogP contribution in [0.3, 0.4) is 0 Å². The highest BCUT2D eigenvalue weighted by atomic mass is 16.6. The fourth-order valence-corrected chi connectivity index (χ4v) is 8.55. The number of benzene rings is 1. The van der Waals surface area contributed by atoms with Gasteiger partial charge in [0.05, 0.1) is 5.60 Å². The van der Waals surface area contributed by atoms with Gasteiger partial charge in [0.2, 0.25) is 0 Å². The SMILES string of the molecule is CCN(CC1CC1)[C@@H]1Cc2ccc(O)c3c2C2[C@@H](O3)[C@]3(OC)CC[C@]21C[C@@H]3[C@](C)(O)C(C)(C)C. The van der Waals surface area contributed by atoms with Gasteiger partial charge in [-0.1, -0.05) is 33.8 Å². The summed E-state index contributed by atoms with van der Waals surface area (Å²) in [6.07, 6.45) is 6.45. The Balaban J connectivity index is 1.55. The molecule has 34 heavy (non-hydrogen) atoms. The maximum atomic E-state index is 12.1. The average molecular weight is 470 g/mol. The van der Waals surface area contributed by atoms with Crippen molar-refractivity contribution < 1.29 is 19.7 Å². The maximum absolute atomic E-state index is 12.1. The molecule has 1 heterocycles. The molecule has 1 aliphatic heterocycles. The van der Waals surface area contributed by atoms with Crippen LogP contribution < -0.4 is 4.74 Å². The molecule has 7 rings (SSSR count). The zero-order valence-corrected chi connectivity index (χ0v) is 21.9. The number of hydrogen-bond donors (Lipinski definition) is 2. The molecule has 6 aliphatic rings. The number of fused-ring (bicyclic) bond motifs is 2. The van der Waals surface area contributed by atoms with Crippen molar-refractivity contribution in [3.63, 3.8) is 0 Å². The quantitative estimate of drug-likeness (QED) is 0.622. The van der Waals surface area contributed by atoms with Crippen molar-refractivity contribution in [3.05, 3.63) is 23.3 Å². The predicted octanol–water partition coefficient (Wildman–Crippen LogP) is 4.88. The van der Waals surface area contributed by atoms with Gasteiger partial charge in [-0.25, -0.2) is 0 Å². The zero-order chi connectivity index (χ0) is 24.3. The van der Waals surface area contributed by atoms with Crippen molar-refractivity contribution in [2.24, 2.45) is 22.7 Å². The summed E-state index contributed by atoms with van der Waals surface area (Å²) in [7, 11) is 1.81. The Morgan fingerprint density at radius 1 is 1.18 bits per heavy atom. The Labute approximate surface area is 204 Å². The molecule has 1 aromatic rings. The molecule has 188 valence electrons. The second-order valence-corrected chi connectivity index (χ2v) is 13.3. The Morgan fingerprint density at radius 3 is 2.53 bits per heavy atom. The van der Waals surface area contributed by atoms with E-state index in [1.54, 1.807) is 0 Å². The first-order valence-electron chi connectivity index (χ1n) is 13.5. The third kappa shape index (κ3) is 2.78. The first kappa shape index (κ1) is 23.1.